The number of halogens is 1. The van der Waals surface area contributed by atoms with Gasteiger partial charge in [0, 0.05) is 26.2 Å². The van der Waals surface area contributed by atoms with Crippen LogP contribution in [0.1, 0.15) is 0 Å². The zero-order valence-corrected chi connectivity index (χ0v) is 6.89. The largest absolute Gasteiger partial charge is 0.473 e. The molecule has 0 aromatic carbocycles. The minimum Gasteiger partial charge on any atom is -0.473 e. The average Bonchev–Trinajstić information content (AvgIpc) is 1.36. The van der Waals surface area contributed by atoms with Gasteiger partial charge in [-0.2, -0.15) is 0 Å². The summed E-state index contributed by atoms with van der Waals surface area (Å²) in [5.41, 5.74) is 0. The van der Waals surface area contributed by atoms with Crippen LogP contribution in [0.5, 0.6) is 0 Å². The van der Waals surface area contributed by atoms with Crippen LogP contribution < -0.4 is 0 Å². The Labute approximate surface area is 70.4 Å². The van der Waals surface area contributed by atoms with Crippen molar-refractivity contribution in [2.45, 2.75) is 0 Å². The van der Waals surface area contributed by atoms with Gasteiger partial charge in [-0.05, 0) is 0 Å². The molecule has 0 spiro atoms. The van der Waals surface area contributed by atoms with Gasteiger partial charge in [0.05, 0.1) is 0 Å². The van der Waals surface area contributed by atoms with Crippen LogP contribution in [-0.4, -0.2) is 22.2 Å². The molecule has 0 fully saturated rings. The zero-order chi connectivity index (χ0) is 5.15. The van der Waals surface area contributed by atoms with Crippen molar-refractivity contribution in [3.05, 3.63) is 0 Å². The first-order valence-electron chi connectivity index (χ1n) is 1.11. The van der Waals surface area contributed by atoms with Crippen molar-refractivity contribution < 1.29 is 46.0 Å². The first kappa shape index (κ1) is 15.7. The molecule has 0 rings (SSSR count). The Morgan fingerprint density at radius 2 is 1.12 bits per heavy atom. The minimum atomic E-state index is -1.82. The van der Waals surface area contributed by atoms with Gasteiger partial charge in [0.2, 0.25) is 0 Å². The van der Waals surface area contributed by atoms with E-state index < -0.39 is 11.9 Å². The molecule has 0 aliphatic rings. The average molecular weight is 218 g/mol. The predicted molar refractivity (Wildman–Crippen MR) is 22.5 cm³/mol. The number of carboxylic acids is 2. The fourth-order valence-corrected chi connectivity index (χ4v) is 0. The van der Waals surface area contributed by atoms with Crippen LogP contribution in [0.15, 0.2) is 0 Å². The third-order valence-electron chi connectivity index (χ3n) is 0.183. The molecular formula is C2H3ClO4Zr. The van der Waals surface area contributed by atoms with Gasteiger partial charge < -0.3 is 10.2 Å². The van der Waals surface area contributed by atoms with Crippen LogP contribution >= 0.6 is 12.4 Å². The van der Waals surface area contributed by atoms with Crippen molar-refractivity contribution in [3.8, 4) is 0 Å². The van der Waals surface area contributed by atoms with E-state index in [-0.39, 0.29) is 38.6 Å². The molecule has 0 aromatic rings. The van der Waals surface area contributed by atoms with Crippen LogP contribution in [0.4, 0.5) is 0 Å². The smallest absolute Gasteiger partial charge is 0.414 e. The van der Waals surface area contributed by atoms with E-state index in [9.17, 15) is 0 Å². The van der Waals surface area contributed by atoms with E-state index in [2.05, 4.69) is 0 Å². The summed E-state index contributed by atoms with van der Waals surface area (Å²) in [5, 5.41) is 14.8. The third kappa shape index (κ3) is 9.45. The summed E-state index contributed by atoms with van der Waals surface area (Å²) in [6.45, 7) is 0. The molecule has 6 heteroatoms. The van der Waals surface area contributed by atoms with Gasteiger partial charge >= 0.3 is 11.9 Å². The molecule has 0 heterocycles. The van der Waals surface area contributed by atoms with Gasteiger partial charge in [-0.25, -0.2) is 9.59 Å². The summed E-state index contributed by atoms with van der Waals surface area (Å²) in [7, 11) is 0. The molecule has 8 heavy (non-hydrogen) atoms. The quantitative estimate of drug-likeness (QED) is 0.541. The van der Waals surface area contributed by atoms with Crippen molar-refractivity contribution in [3.63, 3.8) is 0 Å². The molecule has 0 unspecified atom stereocenters. The maximum Gasteiger partial charge on any atom is 0.414 e. The SMILES string of the molecule is Cl.O=C(O)C(=O)O.[Zr]. The molecule has 0 aliphatic carbocycles. The van der Waals surface area contributed by atoms with E-state index in [1.807, 2.05) is 0 Å². The van der Waals surface area contributed by atoms with Gasteiger partial charge in [-0.3, -0.25) is 0 Å². The third-order valence-corrected chi connectivity index (χ3v) is 0.183. The van der Waals surface area contributed by atoms with Crippen molar-refractivity contribution in [1.82, 2.24) is 0 Å². The first-order valence-corrected chi connectivity index (χ1v) is 1.11. The van der Waals surface area contributed by atoms with Crippen molar-refractivity contribution in [1.29, 1.82) is 0 Å². The van der Waals surface area contributed by atoms with Gasteiger partial charge in [-0.15, -0.1) is 12.4 Å². The standard InChI is InChI=1S/C2H2O4.ClH.Zr/c3-1(4)2(5)6;;/h(H,3,4)(H,5,6);1H;. The van der Waals surface area contributed by atoms with E-state index in [1.54, 1.807) is 0 Å². The molecule has 0 radical (unpaired) electrons. The number of carboxylic acid groups (broad SMARTS) is 2. The minimum absolute atomic E-state index is 0. The van der Waals surface area contributed by atoms with Crippen LogP contribution in [0.2, 0.25) is 0 Å². The molecule has 0 saturated heterocycles. The maximum absolute atomic E-state index is 9.10. The summed E-state index contributed by atoms with van der Waals surface area (Å²) < 4.78 is 0. The molecule has 0 saturated carbocycles. The summed E-state index contributed by atoms with van der Waals surface area (Å²) in [6.07, 6.45) is 0. The summed E-state index contributed by atoms with van der Waals surface area (Å²) in [5.74, 6) is -3.65. The maximum atomic E-state index is 9.10. The van der Waals surface area contributed by atoms with Crippen molar-refractivity contribution in [2.24, 2.45) is 0 Å². The Morgan fingerprint density at radius 3 is 1.12 bits per heavy atom. The van der Waals surface area contributed by atoms with Crippen LogP contribution in [0, 0.1) is 0 Å². The van der Waals surface area contributed by atoms with Gasteiger partial charge in [0.25, 0.3) is 0 Å². The predicted octanol–water partition coefficient (Wildman–Crippen LogP) is -0.425. The second-order valence-electron chi connectivity index (χ2n) is 0.610. The molecule has 0 atom stereocenters. The number of carbonyl (C=O) groups is 2. The van der Waals surface area contributed by atoms with Gasteiger partial charge in [-0.1, -0.05) is 0 Å². The number of hydrogen-bond acceptors (Lipinski definition) is 2. The fraction of sp³-hybridized carbons (Fsp3) is 0. The Kier molecular flexibility index (Phi) is 14.0. The summed E-state index contributed by atoms with van der Waals surface area (Å²) in [4.78, 5) is 18.2. The second-order valence-corrected chi connectivity index (χ2v) is 0.610. The van der Waals surface area contributed by atoms with E-state index in [0.717, 1.165) is 0 Å². The molecule has 46 valence electrons. The summed E-state index contributed by atoms with van der Waals surface area (Å²) >= 11 is 0. The number of rotatable bonds is 0. The Bertz CT molecular complexity index is 80.0. The molecule has 0 bridgehead atoms. The molecular weight excluding hydrogens is 215 g/mol. The number of aliphatic carboxylic acids is 2. The molecule has 2 N–H and O–H groups in total. The Balaban J connectivity index is -0.000000125. The molecule has 0 aliphatic heterocycles. The van der Waals surface area contributed by atoms with E-state index in [1.165, 1.54) is 0 Å². The van der Waals surface area contributed by atoms with E-state index in [4.69, 9.17) is 19.8 Å². The molecule has 4 nitrogen and oxygen atoms in total. The second kappa shape index (κ2) is 7.11. The first-order chi connectivity index (χ1) is 2.64. The van der Waals surface area contributed by atoms with Gasteiger partial charge in [0.1, 0.15) is 0 Å². The number of hydrogen-bond donors (Lipinski definition) is 2. The normalized spacial score (nSPS) is 5.50. The molecule has 0 aromatic heterocycles. The van der Waals surface area contributed by atoms with Crippen molar-refractivity contribution >= 4 is 24.3 Å². The zero-order valence-electron chi connectivity index (χ0n) is 3.62. The monoisotopic (exact) mass is 216 g/mol. The van der Waals surface area contributed by atoms with Crippen LogP contribution in [0.25, 0.3) is 0 Å². The van der Waals surface area contributed by atoms with Crippen LogP contribution in [0.3, 0.4) is 0 Å². The van der Waals surface area contributed by atoms with Crippen LogP contribution in [-0.2, 0) is 35.8 Å². The summed E-state index contributed by atoms with van der Waals surface area (Å²) in [6, 6.07) is 0. The van der Waals surface area contributed by atoms with E-state index >= 15 is 0 Å². The van der Waals surface area contributed by atoms with Gasteiger partial charge in [0.15, 0.2) is 0 Å². The fourth-order valence-electron chi connectivity index (χ4n) is 0. The van der Waals surface area contributed by atoms with E-state index in [0.29, 0.717) is 0 Å². The Morgan fingerprint density at radius 1 is 1.00 bits per heavy atom. The Hall–Kier alpha value is 0.113. The van der Waals surface area contributed by atoms with Crippen molar-refractivity contribution in [2.75, 3.05) is 0 Å². The molecule has 0 amide bonds. The topological polar surface area (TPSA) is 74.6 Å².